The summed E-state index contributed by atoms with van der Waals surface area (Å²) < 4.78 is 6.66. The predicted molar refractivity (Wildman–Crippen MR) is 69.6 cm³/mol. The van der Waals surface area contributed by atoms with Crippen LogP contribution in [-0.2, 0) is 6.61 Å². The highest BCUT2D eigenvalue weighted by Gasteiger charge is 1.97. The molecule has 2 nitrogen and oxygen atoms in total. The fraction of sp³-hybridized carbons (Fsp3) is 0.0714. The molecule has 0 saturated heterocycles. The Morgan fingerprint density at radius 1 is 1.12 bits per heavy atom. The molecular weight excluding hydrogens is 278 g/mol. The summed E-state index contributed by atoms with van der Waals surface area (Å²) in [5.74, 6) is 0.768. The van der Waals surface area contributed by atoms with Crippen molar-refractivity contribution in [2.24, 2.45) is 0 Å². The van der Waals surface area contributed by atoms with Gasteiger partial charge >= 0.3 is 0 Å². The molecule has 84 valence electrons. The molecule has 0 bridgehead atoms. The molecule has 0 aliphatic heterocycles. The number of nitriles is 1. The maximum absolute atomic E-state index is 8.67. The lowest BCUT2D eigenvalue weighted by Crippen LogP contribution is -1.95. The first-order chi connectivity index (χ1) is 8.28. The van der Waals surface area contributed by atoms with E-state index in [4.69, 9.17) is 10.00 Å². The summed E-state index contributed by atoms with van der Waals surface area (Å²) in [4.78, 5) is 0. The first kappa shape index (κ1) is 11.7. The number of ether oxygens (including phenoxy) is 1. The Kier molecular flexibility index (Phi) is 3.79. The van der Waals surface area contributed by atoms with Crippen LogP contribution in [0.3, 0.4) is 0 Å². The number of halogens is 1. The van der Waals surface area contributed by atoms with Gasteiger partial charge in [-0.05, 0) is 42.0 Å². The zero-order valence-electron chi connectivity index (χ0n) is 9.06. The molecule has 17 heavy (non-hydrogen) atoms. The van der Waals surface area contributed by atoms with Crippen molar-refractivity contribution < 1.29 is 4.74 Å². The van der Waals surface area contributed by atoms with E-state index in [0.717, 1.165) is 15.8 Å². The molecule has 0 saturated carbocycles. The standard InChI is InChI=1S/C14H10BrNO/c15-13-3-1-2-12(8-13)10-17-14-6-4-11(9-16)5-7-14/h1-8H,10H2. The van der Waals surface area contributed by atoms with E-state index in [-0.39, 0.29) is 0 Å². The van der Waals surface area contributed by atoms with E-state index in [1.54, 1.807) is 24.3 Å². The van der Waals surface area contributed by atoms with E-state index >= 15 is 0 Å². The van der Waals surface area contributed by atoms with Crippen LogP contribution in [0.2, 0.25) is 0 Å². The van der Waals surface area contributed by atoms with Crippen LogP contribution in [0.25, 0.3) is 0 Å². The normalized spacial score (nSPS) is 9.65. The molecule has 0 N–H and O–H groups in total. The van der Waals surface area contributed by atoms with Crippen LogP contribution in [0.5, 0.6) is 5.75 Å². The van der Waals surface area contributed by atoms with Crippen molar-refractivity contribution in [1.29, 1.82) is 5.26 Å². The molecule has 0 fully saturated rings. The molecule has 0 atom stereocenters. The molecule has 0 aliphatic carbocycles. The van der Waals surface area contributed by atoms with Crippen molar-refractivity contribution in [2.75, 3.05) is 0 Å². The average Bonchev–Trinajstić information content (AvgIpc) is 2.37. The Hall–Kier alpha value is -1.79. The summed E-state index contributed by atoms with van der Waals surface area (Å²) in [6, 6.07) is 17.1. The van der Waals surface area contributed by atoms with E-state index in [0.29, 0.717) is 12.2 Å². The number of hydrogen-bond acceptors (Lipinski definition) is 2. The largest absolute Gasteiger partial charge is 0.489 e. The Labute approximate surface area is 109 Å². The topological polar surface area (TPSA) is 33.0 Å². The molecule has 2 aromatic carbocycles. The van der Waals surface area contributed by atoms with E-state index < -0.39 is 0 Å². The van der Waals surface area contributed by atoms with Gasteiger partial charge < -0.3 is 4.74 Å². The highest BCUT2D eigenvalue weighted by Crippen LogP contribution is 2.16. The lowest BCUT2D eigenvalue weighted by Gasteiger charge is -2.06. The molecule has 0 aliphatic rings. The monoisotopic (exact) mass is 287 g/mol. The summed E-state index contributed by atoms with van der Waals surface area (Å²) in [6.07, 6.45) is 0. The van der Waals surface area contributed by atoms with E-state index in [1.807, 2.05) is 24.3 Å². The van der Waals surface area contributed by atoms with Gasteiger partial charge in [0, 0.05) is 4.47 Å². The van der Waals surface area contributed by atoms with Crippen LogP contribution >= 0.6 is 15.9 Å². The van der Waals surface area contributed by atoms with Crippen molar-refractivity contribution in [3.8, 4) is 11.8 Å². The maximum atomic E-state index is 8.67. The molecule has 0 radical (unpaired) electrons. The van der Waals surface area contributed by atoms with Gasteiger partial charge in [-0.15, -0.1) is 0 Å². The molecule has 0 aromatic heterocycles. The third-order valence-corrected chi connectivity index (χ3v) is 2.77. The van der Waals surface area contributed by atoms with Crippen molar-refractivity contribution in [2.45, 2.75) is 6.61 Å². The second-order valence-electron chi connectivity index (χ2n) is 3.55. The van der Waals surface area contributed by atoms with Crippen molar-refractivity contribution in [3.63, 3.8) is 0 Å². The Morgan fingerprint density at radius 3 is 2.53 bits per heavy atom. The summed E-state index contributed by atoms with van der Waals surface area (Å²) in [6.45, 7) is 0.519. The molecule has 2 rings (SSSR count). The van der Waals surface area contributed by atoms with Gasteiger partial charge in [0.2, 0.25) is 0 Å². The van der Waals surface area contributed by atoms with Crippen LogP contribution in [-0.4, -0.2) is 0 Å². The van der Waals surface area contributed by atoms with Crippen LogP contribution in [0.4, 0.5) is 0 Å². The summed E-state index contributed by atoms with van der Waals surface area (Å²) in [5, 5.41) is 8.67. The zero-order chi connectivity index (χ0) is 12.1. The minimum atomic E-state index is 0.519. The van der Waals surface area contributed by atoms with Crippen molar-refractivity contribution in [1.82, 2.24) is 0 Å². The number of rotatable bonds is 3. The van der Waals surface area contributed by atoms with E-state index in [1.165, 1.54) is 0 Å². The lowest BCUT2D eigenvalue weighted by atomic mass is 10.2. The molecule has 0 amide bonds. The first-order valence-corrected chi connectivity index (χ1v) is 5.94. The SMILES string of the molecule is N#Cc1ccc(OCc2cccc(Br)c2)cc1. The zero-order valence-corrected chi connectivity index (χ0v) is 10.6. The van der Waals surface area contributed by atoms with Gasteiger partial charge in [0.05, 0.1) is 11.6 Å². The first-order valence-electron chi connectivity index (χ1n) is 5.15. The van der Waals surface area contributed by atoms with Crippen LogP contribution in [0, 0.1) is 11.3 Å². The Balaban J connectivity index is 2.00. The second kappa shape index (κ2) is 5.51. The molecule has 2 aromatic rings. The van der Waals surface area contributed by atoms with Crippen LogP contribution in [0.15, 0.2) is 53.0 Å². The molecule has 0 spiro atoms. The predicted octanol–water partition coefficient (Wildman–Crippen LogP) is 3.90. The van der Waals surface area contributed by atoms with Crippen LogP contribution < -0.4 is 4.74 Å². The van der Waals surface area contributed by atoms with E-state index in [2.05, 4.69) is 22.0 Å². The smallest absolute Gasteiger partial charge is 0.119 e. The third-order valence-electron chi connectivity index (χ3n) is 2.28. The van der Waals surface area contributed by atoms with Crippen molar-refractivity contribution >= 4 is 15.9 Å². The highest BCUT2D eigenvalue weighted by molar-refractivity contribution is 9.10. The van der Waals surface area contributed by atoms with Gasteiger partial charge in [-0.2, -0.15) is 5.26 Å². The molecule has 0 heterocycles. The Bertz CT molecular complexity index is 543. The number of benzene rings is 2. The summed E-state index contributed by atoms with van der Waals surface area (Å²) in [7, 11) is 0. The minimum absolute atomic E-state index is 0.519. The average molecular weight is 288 g/mol. The summed E-state index contributed by atoms with van der Waals surface area (Å²) >= 11 is 3.42. The molecule has 0 unspecified atom stereocenters. The van der Waals surface area contributed by atoms with E-state index in [9.17, 15) is 0 Å². The second-order valence-corrected chi connectivity index (χ2v) is 4.47. The van der Waals surface area contributed by atoms with Crippen molar-refractivity contribution in [3.05, 3.63) is 64.1 Å². The van der Waals surface area contributed by atoms with Gasteiger partial charge in [-0.1, -0.05) is 28.1 Å². The van der Waals surface area contributed by atoms with Gasteiger partial charge in [0.1, 0.15) is 12.4 Å². The lowest BCUT2D eigenvalue weighted by molar-refractivity contribution is 0.306. The molecular formula is C14H10BrNO. The third kappa shape index (κ3) is 3.33. The Morgan fingerprint density at radius 2 is 1.88 bits per heavy atom. The highest BCUT2D eigenvalue weighted by atomic mass is 79.9. The fourth-order valence-corrected chi connectivity index (χ4v) is 1.87. The molecule has 3 heteroatoms. The summed E-state index contributed by atoms with van der Waals surface area (Å²) in [5.41, 5.74) is 1.74. The van der Waals surface area contributed by atoms with Gasteiger partial charge in [-0.3, -0.25) is 0 Å². The number of nitrogens with zero attached hydrogens (tertiary/aromatic N) is 1. The van der Waals surface area contributed by atoms with Gasteiger partial charge in [-0.25, -0.2) is 0 Å². The maximum Gasteiger partial charge on any atom is 0.119 e. The number of hydrogen-bond donors (Lipinski definition) is 0. The van der Waals surface area contributed by atoms with Gasteiger partial charge in [0.15, 0.2) is 0 Å². The minimum Gasteiger partial charge on any atom is -0.489 e. The fourth-order valence-electron chi connectivity index (χ4n) is 1.42. The van der Waals surface area contributed by atoms with Gasteiger partial charge in [0.25, 0.3) is 0 Å². The van der Waals surface area contributed by atoms with Crippen LogP contribution in [0.1, 0.15) is 11.1 Å². The quantitative estimate of drug-likeness (QED) is 0.858.